The molecule has 0 unspecified atom stereocenters. The summed E-state index contributed by atoms with van der Waals surface area (Å²) in [7, 11) is 1.90. The molecular weight excluding hydrogens is 294 g/mol. The summed E-state index contributed by atoms with van der Waals surface area (Å²) in [5.41, 5.74) is 8.58. The van der Waals surface area contributed by atoms with Gasteiger partial charge in [-0.1, -0.05) is 22.0 Å². The molecule has 96 valence electrons. The third kappa shape index (κ3) is 2.28. The standard InChI is InChI=1S/C13H16BrN3O/c1-8-13(9(2)17(3)16-8)18-12-6-4-5-11(14)10(12)7-15/h4-6H,7,15H2,1-3H3. The molecule has 1 aromatic carbocycles. The van der Waals surface area contributed by atoms with Gasteiger partial charge in [0.25, 0.3) is 0 Å². The van der Waals surface area contributed by atoms with Crippen molar-refractivity contribution >= 4 is 15.9 Å². The second kappa shape index (κ2) is 5.12. The molecule has 0 bridgehead atoms. The van der Waals surface area contributed by atoms with Crippen molar-refractivity contribution < 1.29 is 4.74 Å². The molecule has 1 aromatic heterocycles. The number of nitrogens with two attached hydrogens (primary N) is 1. The van der Waals surface area contributed by atoms with Crippen LogP contribution in [0.4, 0.5) is 0 Å². The smallest absolute Gasteiger partial charge is 0.171 e. The number of aromatic nitrogens is 2. The summed E-state index contributed by atoms with van der Waals surface area (Å²) in [6, 6.07) is 5.80. The molecule has 0 spiro atoms. The molecule has 0 radical (unpaired) electrons. The minimum absolute atomic E-state index is 0.426. The average molecular weight is 310 g/mol. The first-order chi connectivity index (χ1) is 8.54. The Labute approximate surface area is 115 Å². The molecule has 2 N–H and O–H groups in total. The van der Waals surface area contributed by atoms with E-state index in [2.05, 4.69) is 21.0 Å². The Morgan fingerprint density at radius 2 is 2.11 bits per heavy atom. The molecule has 18 heavy (non-hydrogen) atoms. The Balaban J connectivity index is 2.43. The number of benzene rings is 1. The Bertz CT molecular complexity index is 578. The van der Waals surface area contributed by atoms with Crippen molar-refractivity contribution in [3.63, 3.8) is 0 Å². The lowest BCUT2D eigenvalue weighted by Crippen LogP contribution is -2.01. The fraction of sp³-hybridized carbons (Fsp3) is 0.308. The predicted octanol–water partition coefficient (Wildman–Crippen LogP) is 3.05. The van der Waals surface area contributed by atoms with Crippen molar-refractivity contribution in [2.45, 2.75) is 20.4 Å². The van der Waals surface area contributed by atoms with Crippen LogP contribution < -0.4 is 10.5 Å². The van der Waals surface area contributed by atoms with Crippen LogP contribution >= 0.6 is 15.9 Å². The number of hydrogen-bond donors (Lipinski definition) is 1. The third-order valence-electron chi connectivity index (χ3n) is 2.93. The maximum absolute atomic E-state index is 5.97. The molecule has 0 saturated heterocycles. The highest BCUT2D eigenvalue weighted by Gasteiger charge is 2.14. The monoisotopic (exact) mass is 309 g/mol. The molecule has 2 aromatic rings. The minimum Gasteiger partial charge on any atom is -0.453 e. The number of ether oxygens (including phenoxy) is 1. The summed E-state index contributed by atoms with van der Waals surface area (Å²) in [5, 5.41) is 4.33. The van der Waals surface area contributed by atoms with Crippen molar-refractivity contribution in [3.05, 3.63) is 39.6 Å². The van der Waals surface area contributed by atoms with E-state index < -0.39 is 0 Å². The van der Waals surface area contributed by atoms with E-state index >= 15 is 0 Å². The summed E-state index contributed by atoms with van der Waals surface area (Å²) in [5.74, 6) is 1.57. The highest BCUT2D eigenvalue weighted by atomic mass is 79.9. The quantitative estimate of drug-likeness (QED) is 0.948. The van der Waals surface area contributed by atoms with Crippen molar-refractivity contribution in [2.24, 2.45) is 12.8 Å². The predicted molar refractivity (Wildman–Crippen MR) is 74.8 cm³/mol. The van der Waals surface area contributed by atoms with E-state index in [0.29, 0.717) is 6.54 Å². The number of halogens is 1. The Kier molecular flexibility index (Phi) is 3.73. The molecule has 5 heteroatoms. The van der Waals surface area contributed by atoms with Crippen LogP contribution in [0.2, 0.25) is 0 Å². The number of nitrogens with zero attached hydrogens (tertiary/aromatic N) is 2. The van der Waals surface area contributed by atoms with E-state index in [0.717, 1.165) is 32.9 Å². The van der Waals surface area contributed by atoms with E-state index in [4.69, 9.17) is 10.5 Å². The van der Waals surface area contributed by atoms with Gasteiger partial charge in [-0.25, -0.2) is 0 Å². The molecule has 1 heterocycles. The topological polar surface area (TPSA) is 53.1 Å². The first kappa shape index (κ1) is 13.1. The van der Waals surface area contributed by atoms with E-state index in [-0.39, 0.29) is 0 Å². The largest absolute Gasteiger partial charge is 0.453 e. The zero-order chi connectivity index (χ0) is 13.3. The normalized spacial score (nSPS) is 10.7. The number of aryl methyl sites for hydroxylation is 2. The second-order valence-corrected chi connectivity index (χ2v) is 5.00. The van der Waals surface area contributed by atoms with Gasteiger partial charge in [0, 0.05) is 23.6 Å². The van der Waals surface area contributed by atoms with Gasteiger partial charge in [-0.05, 0) is 26.0 Å². The van der Waals surface area contributed by atoms with E-state index in [9.17, 15) is 0 Å². The maximum Gasteiger partial charge on any atom is 0.171 e. The van der Waals surface area contributed by atoms with Crippen LogP contribution in [-0.4, -0.2) is 9.78 Å². The van der Waals surface area contributed by atoms with E-state index in [1.54, 1.807) is 0 Å². The fourth-order valence-corrected chi connectivity index (χ4v) is 2.35. The fourth-order valence-electron chi connectivity index (χ4n) is 1.84. The molecule has 0 amide bonds. The summed E-state index contributed by atoms with van der Waals surface area (Å²) < 4.78 is 8.74. The van der Waals surface area contributed by atoms with Gasteiger partial charge < -0.3 is 10.5 Å². The van der Waals surface area contributed by atoms with Crippen LogP contribution in [0.25, 0.3) is 0 Å². The SMILES string of the molecule is Cc1nn(C)c(C)c1Oc1cccc(Br)c1CN. The first-order valence-electron chi connectivity index (χ1n) is 5.70. The van der Waals surface area contributed by atoms with E-state index in [1.165, 1.54) is 0 Å². The number of rotatable bonds is 3. The minimum atomic E-state index is 0.426. The molecule has 0 aliphatic heterocycles. The molecular formula is C13H16BrN3O. The number of hydrogen-bond acceptors (Lipinski definition) is 3. The lowest BCUT2D eigenvalue weighted by molar-refractivity contribution is 0.467. The molecule has 0 fully saturated rings. The van der Waals surface area contributed by atoms with Crippen LogP contribution in [0.15, 0.2) is 22.7 Å². The molecule has 0 saturated carbocycles. The van der Waals surface area contributed by atoms with Gasteiger partial charge in [-0.2, -0.15) is 5.10 Å². The van der Waals surface area contributed by atoms with Crippen LogP contribution in [0, 0.1) is 13.8 Å². The van der Waals surface area contributed by atoms with Crippen molar-refractivity contribution in [3.8, 4) is 11.5 Å². The lowest BCUT2D eigenvalue weighted by atomic mass is 10.2. The summed E-state index contributed by atoms with van der Waals surface area (Å²) >= 11 is 3.48. The lowest BCUT2D eigenvalue weighted by Gasteiger charge is -2.11. The van der Waals surface area contributed by atoms with Gasteiger partial charge in [0.15, 0.2) is 5.75 Å². The van der Waals surface area contributed by atoms with Gasteiger partial charge >= 0.3 is 0 Å². The summed E-state index contributed by atoms with van der Waals surface area (Å²) in [4.78, 5) is 0. The Morgan fingerprint density at radius 1 is 1.39 bits per heavy atom. The van der Waals surface area contributed by atoms with Crippen LogP contribution in [-0.2, 0) is 13.6 Å². The van der Waals surface area contributed by atoms with Gasteiger partial charge in [0.2, 0.25) is 0 Å². The van der Waals surface area contributed by atoms with Gasteiger partial charge in [0.05, 0.1) is 5.69 Å². The van der Waals surface area contributed by atoms with Crippen molar-refractivity contribution in [1.29, 1.82) is 0 Å². The first-order valence-corrected chi connectivity index (χ1v) is 6.49. The molecule has 4 nitrogen and oxygen atoms in total. The van der Waals surface area contributed by atoms with Crippen LogP contribution in [0.3, 0.4) is 0 Å². The summed E-state index contributed by atoms with van der Waals surface area (Å²) in [6.07, 6.45) is 0. The zero-order valence-corrected chi connectivity index (χ0v) is 12.3. The average Bonchev–Trinajstić information content (AvgIpc) is 2.56. The highest BCUT2D eigenvalue weighted by molar-refractivity contribution is 9.10. The van der Waals surface area contributed by atoms with Gasteiger partial charge in [0.1, 0.15) is 11.4 Å². The third-order valence-corrected chi connectivity index (χ3v) is 3.68. The van der Waals surface area contributed by atoms with E-state index in [1.807, 2.05) is 43.8 Å². The molecule has 2 rings (SSSR count). The highest BCUT2D eigenvalue weighted by Crippen LogP contribution is 2.33. The summed E-state index contributed by atoms with van der Waals surface area (Å²) in [6.45, 7) is 4.34. The van der Waals surface area contributed by atoms with Crippen molar-refractivity contribution in [1.82, 2.24) is 9.78 Å². The van der Waals surface area contributed by atoms with Crippen molar-refractivity contribution in [2.75, 3.05) is 0 Å². The Hall–Kier alpha value is -1.33. The van der Waals surface area contributed by atoms with Crippen LogP contribution in [0.5, 0.6) is 11.5 Å². The van der Waals surface area contributed by atoms with Crippen LogP contribution in [0.1, 0.15) is 17.0 Å². The maximum atomic E-state index is 5.97. The van der Waals surface area contributed by atoms with Gasteiger partial charge in [-0.3, -0.25) is 4.68 Å². The molecule has 0 atom stereocenters. The molecule has 0 aliphatic rings. The zero-order valence-electron chi connectivity index (χ0n) is 10.7. The second-order valence-electron chi connectivity index (χ2n) is 4.15. The Morgan fingerprint density at radius 3 is 2.67 bits per heavy atom. The van der Waals surface area contributed by atoms with Gasteiger partial charge in [-0.15, -0.1) is 0 Å². The molecule has 0 aliphatic carbocycles.